The Labute approximate surface area is 286 Å². The Morgan fingerprint density at radius 2 is 1.58 bits per heavy atom. The summed E-state index contributed by atoms with van der Waals surface area (Å²) < 4.78 is 5.34. The molecule has 8 rings (SSSR count). The molecule has 3 atom stereocenters. The molecule has 3 heterocycles. The van der Waals surface area contributed by atoms with E-state index >= 15 is 0 Å². The second-order valence-corrected chi connectivity index (χ2v) is 14.6. The smallest absolute Gasteiger partial charge is 0.190 e. The fourth-order valence-corrected chi connectivity index (χ4v) is 9.38. The summed E-state index contributed by atoms with van der Waals surface area (Å²) >= 11 is 0. The van der Waals surface area contributed by atoms with Gasteiger partial charge in [-0.3, -0.25) is 0 Å². The topological polar surface area (TPSA) is 7.76 Å². The number of hydrogen-bond acceptors (Lipinski definition) is 0. The molecule has 0 bridgehead atoms. The lowest BCUT2D eigenvalue weighted by Gasteiger charge is -2.24. The SMILES string of the molecule is CC=C(C)c1ccc(C)c(-c2c3ccccc3cc[n+]2CC23C(c4ccccc4-c4c5cccc(CCCC)c5cc[n+]42)C3(C)CC)c1. The quantitative estimate of drug-likeness (QED) is 0.148. The lowest BCUT2D eigenvalue weighted by Crippen LogP contribution is -2.60. The maximum absolute atomic E-state index is 2.73. The van der Waals surface area contributed by atoms with Crippen molar-refractivity contribution in [1.82, 2.24) is 0 Å². The van der Waals surface area contributed by atoms with E-state index in [1.807, 2.05) is 0 Å². The summed E-state index contributed by atoms with van der Waals surface area (Å²) in [6.07, 6.45) is 11.7. The van der Waals surface area contributed by atoms with Crippen LogP contribution in [0.25, 0.3) is 49.6 Å². The zero-order chi connectivity index (χ0) is 33.2. The first-order valence-corrected chi connectivity index (χ1v) is 18.1. The molecule has 4 aromatic carbocycles. The predicted octanol–water partition coefficient (Wildman–Crippen LogP) is 10.9. The fraction of sp³-hybridized carbons (Fsp3) is 0.304. The number of pyridine rings is 2. The van der Waals surface area contributed by atoms with Crippen molar-refractivity contribution in [1.29, 1.82) is 0 Å². The molecule has 2 aromatic heterocycles. The zero-order valence-electron chi connectivity index (χ0n) is 29.5. The molecule has 2 nitrogen and oxygen atoms in total. The standard InChI is InChI=1S/C46H48N2/c1-7-10-16-33-18-15-22-38-36(33)26-28-48-43(38)39-20-13-14-21-40(39)44-45(6,9-3)46(44,48)30-47-27-25-34-17-11-12-19-37(34)42(47)41-29-35(31(4)8-2)24-23-32(41)5/h8,11-15,17-29,44H,7,9-10,16,30H2,1-6H3/q+2. The molecule has 0 saturated heterocycles. The van der Waals surface area contributed by atoms with Gasteiger partial charge in [0.25, 0.3) is 0 Å². The van der Waals surface area contributed by atoms with E-state index < -0.39 is 0 Å². The van der Waals surface area contributed by atoms with E-state index in [0.717, 1.165) is 19.4 Å². The highest BCUT2D eigenvalue weighted by atomic mass is 15.2. The highest BCUT2D eigenvalue weighted by Crippen LogP contribution is 2.74. The molecule has 2 aliphatic rings. The summed E-state index contributed by atoms with van der Waals surface area (Å²) in [4.78, 5) is 0. The Hall–Kier alpha value is -4.56. The van der Waals surface area contributed by atoms with E-state index in [-0.39, 0.29) is 11.0 Å². The average molecular weight is 629 g/mol. The summed E-state index contributed by atoms with van der Waals surface area (Å²) in [5.41, 5.74) is 12.3. The van der Waals surface area contributed by atoms with Crippen LogP contribution in [0.1, 0.15) is 82.1 Å². The molecule has 0 spiro atoms. The maximum atomic E-state index is 2.73. The van der Waals surface area contributed by atoms with Crippen molar-refractivity contribution in [3.63, 3.8) is 0 Å². The van der Waals surface area contributed by atoms with E-state index in [0.29, 0.717) is 5.92 Å². The Balaban J connectivity index is 1.40. The minimum absolute atomic E-state index is 0.0981. The van der Waals surface area contributed by atoms with Gasteiger partial charge in [-0.2, -0.15) is 9.13 Å². The van der Waals surface area contributed by atoms with E-state index in [1.54, 1.807) is 0 Å². The van der Waals surface area contributed by atoms with Crippen LogP contribution in [-0.4, -0.2) is 0 Å². The number of unbranched alkanes of at least 4 members (excludes halogenated alkanes) is 1. The van der Waals surface area contributed by atoms with E-state index in [1.165, 1.54) is 84.7 Å². The largest absolute Gasteiger partial charge is 0.239 e. The van der Waals surface area contributed by atoms with Crippen molar-refractivity contribution >= 4 is 27.1 Å². The summed E-state index contributed by atoms with van der Waals surface area (Å²) in [5, 5.41) is 5.39. The van der Waals surface area contributed by atoms with Gasteiger partial charge in [0.2, 0.25) is 23.5 Å². The van der Waals surface area contributed by atoms with Gasteiger partial charge in [0.1, 0.15) is 0 Å². The molecule has 240 valence electrons. The van der Waals surface area contributed by atoms with Crippen molar-refractivity contribution in [3.05, 3.63) is 138 Å². The molecule has 2 heteroatoms. The molecule has 1 fully saturated rings. The number of hydrogen-bond donors (Lipinski definition) is 0. The summed E-state index contributed by atoms with van der Waals surface area (Å²) in [6.45, 7) is 14.8. The molecule has 1 aliphatic heterocycles. The van der Waals surface area contributed by atoms with Gasteiger partial charge in [0.05, 0.1) is 33.2 Å². The number of fused-ring (bicyclic) bond motifs is 9. The molecule has 0 N–H and O–H groups in total. The Kier molecular flexibility index (Phi) is 7.40. The van der Waals surface area contributed by atoms with Gasteiger partial charge in [-0.25, -0.2) is 0 Å². The van der Waals surface area contributed by atoms with Crippen LogP contribution < -0.4 is 9.13 Å². The highest BCUT2D eigenvalue weighted by Gasteiger charge is 2.85. The molecule has 0 amide bonds. The van der Waals surface area contributed by atoms with Gasteiger partial charge in [-0.05, 0) is 103 Å². The highest BCUT2D eigenvalue weighted by molar-refractivity contribution is 5.97. The van der Waals surface area contributed by atoms with Crippen LogP contribution in [0.15, 0.2) is 116 Å². The van der Waals surface area contributed by atoms with Crippen LogP contribution in [0, 0.1) is 12.3 Å². The zero-order valence-corrected chi connectivity index (χ0v) is 29.5. The lowest BCUT2D eigenvalue weighted by molar-refractivity contribution is -0.808. The first-order valence-electron chi connectivity index (χ1n) is 18.1. The number of rotatable bonds is 8. The Morgan fingerprint density at radius 1 is 0.792 bits per heavy atom. The van der Waals surface area contributed by atoms with Crippen LogP contribution in [0.2, 0.25) is 0 Å². The van der Waals surface area contributed by atoms with E-state index in [2.05, 4.69) is 166 Å². The van der Waals surface area contributed by atoms with Crippen molar-refractivity contribution in [2.45, 2.75) is 85.2 Å². The van der Waals surface area contributed by atoms with E-state index in [9.17, 15) is 0 Å². The van der Waals surface area contributed by atoms with Crippen molar-refractivity contribution in [3.8, 4) is 22.5 Å². The number of benzene rings is 4. The van der Waals surface area contributed by atoms with Crippen LogP contribution in [0.5, 0.6) is 0 Å². The van der Waals surface area contributed by atoms with Gasteiger partial charge in [-0.1, -0.05) is 93.9 Å². The molecule has 48 heavy (non-hydrogen) atoms. The summed E-state index contributed by atoms with van der Waals surface area (Å²) in [5.74, 6) is 0.425. The number of aromatic nitrogens is 2. The Bertz CT molecular complexity index is 2260. The summed E-state index contributed by atoms with van der Waals surface area (Å²) in [6, 6.07) is 37.0. The first kappa shape index (κ1) is 30.8. The predicted molar refractivity (Wildman–Crippen MR) is 201 cm³/mol. The van der Waals surface area contributed by atoms with Gasteiger partial charge >= 0.3 is 0 Å². The molecule has 1 saturated carbocycles. The molecule has 1 aliphatic carbocycles. The average Bonchev–Trinajstić information content (AvgIpc) is 3.68. The number of allylic oxidation sites excluding steroid dienone is 2. The van der Waals surface area contributed by atoms with Crippen LogP contribution in [-0.2, 0) is 18.5 Å². The lowest BCUT2D eigenvalue weighted by atomic mass is 9.88. The minimum Gasteiger partial charge on any atom is -0.190 e. The third kappa shape index (κ3) is 4.31. The fourth-order valence-electron chi connectivity index (χ4n) is 9.38. The first-order chi connectivity index (χ1) is 23.4. The minimum atomic E-state index is -0.105. The third-order valence-electron chi connectivity index (χ3n) is 12.3. The maximum Gasteiger partial charge on any atom is 0.239 e. The number of nitrogens with zero attached hydrogens (tertiary/aromatic N) is 2. The van der Waals surface area contributed by atoms with Crippen LogP contribution in [0.4, 0.5) is 0 Å². The van der Waals surface area contributed by atoms with Crippen molar-refractivity contribution < 1.29 is 9.13 Å². The van der Waals surface area contributed by atoms with Crippen molar-refractivity contribution in [2.75, 3.05) is 0 Å². The van der Waals surface area contributed by atoms with Crippen LogP contribution in [0.3, 0.4) is 0 Å². The molecule has 3 unspecified atom stereocenters. The molecule has 0 radical (unpaired) electrons. The van der Waals surface area contributed by atoms with E-state index in [4.69, 9.17) is 0 Å². The summed E-state index contributed by atoms with van der Waals surface area (Å²) in [7, 11) is 0. The molecular weight excluding hydrogens is 581 g/mol. The third-order valence-corrected chi connectivity index (χ3v) is 12.3. The van der Waals surface area contributed by atoms with Gasteiger partial charge < -0.3 is 0 Å². The molecule has 6 aromatic rings. The normalized spacial score (nSPS) is 21.2. The molecular formula is C46H48N2+2. The second kappa shape index (κ2) is 11.5. The monoisotopic (exact) mass is 628 g/mol. The number of aryl methyl sites for hydroxylation is 2. The van der Waals surface area contributed by atoms with Gasteiger partial charge in [0, 0.05) is 12.1 Å². The second-order valence-electron chi connectivity index (χ2n) is 14.6. The Morgan fingerprint density at radius 3 is 2.40 bits per heavy atom. The van der Waals surface area contributed by atoms with Gasteiger partial charge in [0.15, 0.2) is 12.4 Å². The van der Waals surface area contributed by atoms with Crippen LogP contribution >= 0.6 is 0 Å². The van der Waals surface area contributed by atoms with Gasteiger partial charge in [-0.15, -0.1) is 0 Å². The van der Waals surface area contributed by atoms with Crippen molar-refractivity contribution in [2.24, 2.45) is 5.41 Å².